The minimum Gasteiger partial charge on any atom is -0.294 e. The van der Waals surface area contributed by atoms with Crippen LogP contribution >= 0.6 is 11.6 Å². The first kappa shape index (κ1) is 14.3. The van der Waals surface area contributed by atoms with Crippen LogP contribution in [-0.4, -0.2) is 5.78 Å². The van der Waals surface area contributed by atoms with Crippen molar-refractivity contribution < 1.29 is 9.18 Å². The quantitative estimate of drug-likeness (QED) is 0.680. The number of hydrogen-bond acceptors (Lipinski definition) is 1. The molecule has 0 saturated carbocycles. The fourth-order valence-electron chi connectivity index (χ4n) is 2.57. The summed E-state index contributed by atoms with van der Waals surface area (Å²) in [5.41, 5.74) is 2.75. The molecule has 1 aromatic rings. The molecule has 3 heteroatoms. The number of rotatable bonds is 5. The Labute approximate surface area is 118 Å². The monoisotopic (exact) mass is 280 g/mol. The van der Waals surface area contributed by atoms with Gasteiger partial charge in [-0.05, 0) is 37.0 Å². The summed E-state index contributed by atoms with van der Waals surface area (Å²) in [6.45, 7) is 2.16. The Bertz CT molecular complexity index is 519. The van der Waals surface area contributed by atoms with Gasteiger partial charge in [0.2, 0.25) is 0 Å². The standard InChI is InChI=1S/C16H18ClFO/c1-2-3-4-5-11-7-9-15(19)16(11)12-6-8-14(18)13(17)10-12/h6,8,10H,2-5,7,9H2,1H3. The topological polar surface area (TPSA) is 17.1 Å². The van der Waals surface area contributed by atoms with Crippen molar-refractivity contribution in [2.24, 2.45) is 0 Å². The van der Waals surface area contributed by atoms with Crippen LogP contribution in [0.25, 0.3) is 5.57 Å². The third-order valence-corrected chi connectivity index (χ3v) is 3.87. The Morgan fingerprint density at radius 2 is 2.05 bits per heavy atom. The molecular formula is C16H18ClFO. The molecule has 102 valence electrons. The minimum atomic E-state index is -0.441. The first-order valence-corrected chi connectivity index (χ1v) is 7.22. The van der Waals surface area contributed by atoms with Crippen LogP contribution in [0.4, 0.5) is 4.39 Å². The van der Waals surface area contributed by atoms with Gasteiger partial charge in [-0.1, -0.05) is 43.0 Å². The van der Waals surface area contributed by atoms with E-state index in [1.807, 2.05) is 0 Å². The van der Waals surface area contributed by atoms with Crippen molar-refractivity contribution >= 4 is 23.0 Å². The summed E-state index contributed by atoms with van der Waals surface area (Å²) in [5.74, 6) is -0.279. The average Bonchev–Trinajstić information content (AvgIpc) is 2.75. The van der Waals surface area contributed by atoms with Crippen LogP contribution in [0.5, 0.6) is 0 Å². The molecule has 0 bridgehead atoms. The molecule has 0 aliphatic heterocycles. The predicted octanol–water partition coefficient (Wildman–Crippen LogP) is 5.18. The largest absolute Gasteiger partial charge is 0.294 e. The molecule has 0 atom stereocenters. The number of benzene rings is 1. The van der Waals surface area contributed by atoms with Crippen molar-refractivity contribution in [1.82, 2.24) is 0 Å². The van der Waals surface area contributed by atoms with Gasteiger partial charge in [-0.25, -0.2) is 4.39 Å². The molecule has 0 unspecified atom stereocenters. The van der Waals surface area contributed by atoms with Crippen molar-refractivity contribution in [1.29, 1.82) is 0 Å². The summed E-state index contributed by atoms with van der Waals surface area (Å²) in [7, 11) is 0. The number of allylic oxidation sites excluding steroid dienone is 2. The van der Waals surface area contributed by atoms with Crippen molar-refractivity contribution in [3.8, 4) is 0 Å². The molecule has 1 aliphatic carbocycles. The van der Waals surface area contributed by atoms with Gasteiger partial charge in [0.1, 0.15) is 5.82 Å². The van der Waals surface area contributed by atoms with Gasteiger partial charge < -0.3 is 0 Å². The highest BCUT2D eigenvalue weighted by Gasteiger charge is 2.24. The van der Waals surface area contributed by atoms with Crippen LogP contribution < -0.4 is 0 Å². The van der Waals surface area contributed by atoms with E-state index in [9.17, 15) is 9.18 Å². The Morgan fingerprint density at radius 3 is 2.74 bits per heavy atom. The third-order valence-electron chi connectivity index (χ3n) is 3.58. The molecule has 0 spiro atoms. The Morgan fingerprint density at radius 1 is 1.26 bits per heavy atom. The lowest BCUT2D eigenvalue weighted by Gasteiger charge is -2.07. The highest BCUT2D eigenvalue weighted by atomic mass is 35.5. The van der Waals surface area contributed by atoms with Crippen LogP contribution in [0.1, 0.15) is 51.0 Å². The Kier molecular flexibility index (Phi) is 4.76. The van der Waals surface area contributed by atoms with Gasteiger partial charge in [-0.2, -0.15) is 0 Å². The average molecular weight is 281 g/mol. The molecular weight excluding hydrogens is 263 g/mol. The number of carbonyl (C=O) groups excluding carboxylic acids is 1. The molecule has 19 heavy (non-hydrogen) atoms. The van der Waals surface area contributed by atoms with Crippen LogP contribution in [0, 0.1) is 5.82 Å². The molecule has 1 aliphatic rings. The lowest BCUT2D eigenvalue weighted by atomic mass is 9.98. The third kappa shape index (κ3) is 3.24. The van der Waals surface area contributed by atoms with Gasteiger partial charge >= 0.3 is 0 Å². The molecule has 0 heterocycles. The number of carbonyl (C=O) groups is 1. The summed E-state index contributed by atoms with van der Waals surface area (Å²) in [6, 6.07) is 4.55. The van der Waals surface area contributed by atoms with Gasteiger partial charge in [0, 0.05) is 12.0 Å². The van der Waals surface area contributed by atoms with Gasteiger partial charge in [-0.3, -0.25) is 4.79 Å². The van der Waals surface area contributed by atoms with Crippen molar-refractivity contribution in [3.05, 3.63) is 40.2 Å². The van der Waals surface area contributed by atoms with Crippen molar-refractivity contribution in [2.45, 2.75) is 45.4 Å². The number of hydrogen-bond donors (Lipinski definition) is 0. The van der Waals surface area contributed by atoms with Crippen LogP contribution in [0.15, 0.2) is 23.8 Å². The normalized spacial score (nSPS) is 15.4. The highest BCUT2D eigenvalue weighted by Crippen LogP contribution is 2.35. The lowest BCUT2D eigenvalue weighted by molar-refractivity contribution is -0.113. The van der Waals surface area contributed by atoms with Crippen molar-refractivity contribution in [2.75, 3.05) is 0 Å². The van der Waals surface area contributed by atoms with E-state index >= 15 is 0 Å². The second-order valence-electron chi connectivity index (χ2n) is 4.99. The molecule has 0 fully saturated rings. The molecule has 1 nitrogen and oxygen atoms in total. The van der Waals surface area contributed by atoms with E-state index in [0.717, 1.165) is 30.4 Å². The van der Waals surface area contributed by atoms with Gasteiger partial charge in [0.15, 0.2) is 5.78 Å². The lowest BCUT2D eigenvalue weighted by Crippen LogP contribution is -1.97. The zero-order valence-electron chi connectivity index (χ0n) is 11.1. The van der Waals surface area contributed by atoms with E-state index in [4.69, 9.17) is 11.6 Å². The van der Waals surface area contributed by atoms with Gasteiger partial charge in [0.25, 0.3) is 0 Å². The Balaban J connectivity index is 2.28. The highest BCUT2D eigenvalue weighted by molar-refractivity contribution is 6.31. The number of halogens is 2. The van der Waals surface area contributed by atoms with E-state index in [2.05, 4.69) is 6.92 Å². The van der Waals surface area contributed by atoms with Crippen LogP contribution in [-0.2, 0) is 4.79 Å². The summed E-state index contributed by atoms with van der Waals surface area (Å²) in [5, 5.41) is 0.0811. The van der Waals surface area contributed by atoms with Crippen LogP contribution in [0.2, 0.25) is 5.02 Å². The van der Waals surface area contributed by atoms with E-state index in [1.165, 1.54) is 24.5 Å². The second-order valence-corrected chi connectivity index (χ2v) is 5.39. The summed E-state index contributed by atoms with van der Waals surface area (Å²) >= 11 is 5.81. The molecule has 2 rings (SSSR count). The van der Waals surface area contributed by atoms with Gasteiger partial charge in [0.05, 0.1) is 5.02 Å². The SMILES string of the molecule is CCCCCC1=C(c2ccc(F)c(Cl)c2)C(=O)CC1. The maximum absolute atomic E-state index is 13.2. The smallest absolute Gasteiger partial charge is 0.163 e. The fourth-order valence-corrected chi connectivity index (χ4v) is 2.75. The number of ketones is 1. The second kappa shape index (κ2) is 6.33. The van der Waals surface area contributed by atoms with E-state index < -0.39 is 5.82 Å². The maximum atomic E-state index is 13.2. The number of Topliss-reactive ketones (excluding diaryl/α,β-unsaturated/α-hetero) is 1. The molecule has 0 aromatic heterocycles. The minimum absolute atomic E-state index is 0.0811. The Hall–Kier alpha value is -1.15. The number of unbranched alkanes of at least 4 members (excludes halogenated alkanes) is 2. The van der Waals surface area contributed by atoms with Crippen LogP contribution in [0.3, 0.4) is 0 Å². The van der Waals surface area contributed by atoms with E-state index in [-0.39, 0.29) is 10.8 Å². The van der Waals surface area contributed by atoms with Crippen molar-refractivity contribution in [3.63, 3.8) is 0 Å². The van der Waals surface area contributed by atoms with E-state index in [1.54, 1.807) is 12.1 Å². The first-order valence-electron chi connectivity index (χ1n) is 6.84. The molecule has 0 N–H and O–H groups in total. The predicted molar refractivity (Wildman–Crippen MR) is 76.7 cm³/mol. The molecule has 0 amide bonds. The molecule has 0 radical (unpaired) electrons. The zero-order chi connectivity index (χ0) is 13.8. The maximum Gasteiger partial charge on any atom is 0.163 e. The fraction of sp³-hybridized carbons (Fsp3) is 0.438. The molecule has 1 aromatic carbocycles. The molecule has 0 saturated heterocycles. The van der Waals surface area contributed by atoms with E-state index in [0.29, 0.717) is 6.42 Å². The first-order chi connectivity index (χ1) is 9.13. The van der Waals surface area contributed by atoms with Gasteiger partial charge in [-0.15, -0.1) is 0 Å². The summed E-state index contributed by atoms with van der Waals surface area (Å²) in [4.78, 5) is 12.0. The summed E-state index contributed by atoms with van der Waals surface area (Å²) < 4.78 is 13.2. The summed E-state index contributed by atoms with van der Waals surface area (Å²) in [6.07, 6.45) is 5.83. The zero-order valence-corrected chi connectivity index (χ0v) is 11.9.